The SMILES string of the molecule is Cl.NC1CCCN(C(=O)c2cc3ccccc3o2)C1. The third kappa shape index (κ3) is 2.74. The van der Waals surface area contributed by atoms with Crippen LogP contribution in [0.3, 0.4) is 0 Å². The highest BCUT2D eigenvalue weighted by Crippen LogP contribution is 2.21. The van der Waals surface area contributed by atoms with E-state index in [1.807, 2.05) is 24.3 Å². The summed E-state index contributed by atoms with van der Waals surface area (Å²) in [4.78, 5) is 14.1. The molecule has 0 bridgehead atoms. The van der Waals surface area contributed by atoms with Crippen molar-refractivity contribution in [1.82, 2.24) is 4.90 Å². The van der Waals surface area contributed by atoms with Crippen molar-refractivity contribution in [3.63, 3.8) is 0 Å². The number of likely N-dealkylation sites (tertiary alicyclic amines) is 1. The van der Waals surface area contributed by atoms with Gasteiger partial charge in [0.1, 0.15) is 5.58 Å². The van der Waals surface area contributed by atoms with Crippen LogP contribution in [0.1, 0.15) is 23.4 Å². The fourth-order valence-electron chi connectivity index (χ4n) is 2.44. The molecule has 102 valence electrons. The highest BCUT2D eigenvalue weighted by atomic mass is 35.5. The Kier molecular flexibility index (Phi) is 4.12. The zero-order chi connectivity index (χ0) is 12.5. The van der Waals surface area contributed by atoms with Crippen molar-refractivity contribution in [3.05, 3.63) is 36.1 Å². The zero-order valence-corrected chi connectivity index (χ0v) is 11.4. The number of nitrogens with two attached hydrogens (primary N) is 1. The molecule has 1 unspecified atom stereocenters. The molecular weight excluding hydrogens is 264 g/mol. The van der Waals surface area contributed by atoms with Crippen LogP contribution in [0.15, 0.2) is 34.7 Å². The van der Waals surface area contributed by atoms with Gasteiger partial charge >= 0.3 is 0 Å². The van der Waals surface area contributed by atoms with E-state index in [-0.39, 0.29) is 24.4 Å². The molecule has 1 fully saturated rings. The van der Waals surface area contributed by atoms with Crippen LogP contribution in [-0.4, -0.2) is 29.9 Å². The van der Waals surface area contributed by atoms with Crippen molar-refractivity contribution < 1.29 is 9.21 Å². The second-order valence-corrected chi connectivity index (χ2v) is 4.80. The largest absolute Gasteiger partial charge is 0.451 e. The lowest BCUT2D eigenvalue weighted by Crippen LogP contribution is -2.45. The molecule has 2 heterocycles. The molecule has 1 aliphatic heterocycles. The first-order valence-corrected chi connectivity index (χ1v) is 6.27. The van der Waals surface area contributed by atoms with Crippen molar-refractivity contribution >= 4 is 29.3 Å². The summed E-state index contributed by atoms with van der Waals surface area (Å²) in [6.45, 7) is 1.39. The predicted octanol–water partition coefficient (Wildman–Crippen LogP) is 2.42. The summed E-state index contributed by atoms with van der Waals surface area (Å²) in [6, 6.07) is 9.54. The standard InChI is InChI=1S/C14H16N2O2.ClH/c15-11-5-3-7-16(9-11)14(17)13-8-10-4-1-2-6-12(10)18-13;/h1-2,4,6,8,11H,3,5,7,9,15H2;1H. The maximum absolute atomic E-state index is 12.3. The van der Waals surface area contributed by atoms with Crippen LogP contribution in [-0.2, 0) is 0 Å². The third-order valence-electron chi connectivity index (χ3n) is 3.38. The third-order valence-corrected chi connectivity index (χ3v) is 3.38. The van der Waals surface area contributed by atoms with Gasteiger partial charge in [0.15, 0.2) is 5.76 Å². The van der Waals surface area contributed by atoms with Gasteiger partial charge in [-0.25, -0.2) is 0 Å². The Morgan fingerprint density at radius 2 is 2.16 bits per heavy atom. The number of amides is 1. The number of hydrogen-bond donors (Lipinski definition) is 1. The number of halogens is 1. The van der Waals surface area contributed by atoms with Crippen LogP contribution < -0.4 is 5.73 Å². The number of carbonyl (C=O) groups is 1. The van der Waals surface area contributed by atoms with E-state index in [4.69, 9.17) is 10.2 Å². The van der Waals surface area contributed by atoms with Crippen LogP contribution >= 0.6 is 12.4 Å². The molecule has 1 saturated heterocycles. The monoisotopic (exact) mass is 280 g/mol. The number of hydrogen-bond acceptors (Lipinski definition) is 3. The minimum absolute atomic E-state index is 0. The molecule has 3 rings (SSSR count). The van der Waals surface area contributed by atoms with Gasteiger partial charge in [0.05, 0.1) is 0 Å². The van der Waals surface area contributed by atoms with Crippen molar-refractivity contribution in [1.29, 1.82) is 0 Å². The molecular formula is C14H17ClN2O2. The van der Waals surface area contributed by atoms with Gasteiger partial charge in [-0.15, -0.1) is 12.4 Å². The molecule has 1 aromatic heterocycles. The maximum atomic E-state index is 12.3. The van der Waals surface area contributed by atoms with Gasteiger partial charge in [-0.3, -0.25) is 4.79 Å². The Morgan fingerprint density at radius 3 is 2.89 bits per heavy atom. The van der Waals surface area contributed by atoms with Crippen molar-refractivity contribution in [3.8, 4) is 0 Å². The summed E-state index contributed by atoms with van der Waals surface area (Å²) >= 11 is 0. The van der Waals surface area contributed by atoms with Crippen LogP contribution in [0.25, 0.3) is 11.0 Å². The highest BCUT2D eigenvalue weighted by molar-refractivity contribution is 5.96. The predicted molar refractivity (Wildman–Crippen MR) is 76.6 cm³/mol. The quantitative estimate of drug-likeness (QED) is 0.873. The highest BCUT2D eigenvalue weighted by Gasteiger charge is 2.24. The lowest BCUT2D eigenvalue weighted by molar-refractivity contribution is 0.0679. The summed E-state index contributed by atoms with van der Waals surface area (Å²) in [5.74, 6) is 0.353. The van der Waals surface area contributed by atoms with Gasteiger partial charge in [0.25, 0.3) is 5.91 Å². The van der Waals surface area contributed by atoms with Gasteiger partial charge in [0.2, 0.25) is 0 Å². The lowest BCUT2D eigenvalue weighted by Gasteiger charge is -2.29. The molecule has 0 aliphatic carbocycles. The first-order valence-electron chi connectivity index (χ1n) is 6.27. The second-order valence-electron chi connectivity index (χ2n) is 4.80. The average Bonchev–Trinajstić information content (AvgIpc) is 2.81. The topological polar surface area (TPSA) is 59.5 Å². The Hall–Kier alpha value is -1.52. The van der Waals surface area contributed by atoms with Gasteiger partial charge in [0, 0.05) is 24.5 Å². The van der Waals surface area contributed by atoms with E-state index in [0.29, 0.717) is 12.3 Å². The number of carbonyl (C=O) groups excluding carboxylic acids is 1. The Bertz CT molecular complexity index is 549. The number of para-hydroxylation sites is 1. The number of furan rings is 1. The molecule has 1 aromatic carbocycles. The van der Waals surface area contributed by atoms with E-state index in [1.54, 1.807) is 11.0 Å². The normalized spacial score (nSPS) is 19.2. The molecule has 4 nitrogen and oxygen atoms in total. The minimum atomic E-state index is -0.0543. The number of benzene rings is 1. The maximum Gasteiger partial charge on any atom is 0.289 e. The Morgan fingerprint density at radius 1 is 1.37 bits per heavy atom. The van der Waals surface area contributed by atoms with E-state index < -0.39 is 0 Å². The van der Waals surface area contributed by atoms with E-state index in [9.17, 15) is 4.79 Å². The fraction of sp³-hybridized carbons (Fsp3) is 0.357. The van der Waals surface area contributed by atoms with Crippen molar-refractivity contribution in [2.24, 2.45) is 5.73 Å². The van der Waals surface area contributed by atoms with Crippen LogP contribution in [0.5, 0.6) is 0 Å². The molecule has 1 aliphatic rings. The first kappa shape index (κ1) is 13.9. The second kappa shape index (κ2) is 5.63. The van der Waals surface area contributed by atoms with Crippen molar-refractivity contribution in [2.45, 2.75) is 18.9 Å². The summed E-state index contributed by atoms with van der Waals surface area (Å²) in [5, 5.41) is 0.960. The smallest absolute Gasteiger partial charge is 0.289 e. The van der Waals surface area contributed by atoms with E-state index in [2.05, 4.69) is 0 Å². The summed E-state index contributed by atoms with van der Waals surface area (Å²) < 4.78 is 5.59. The van der Waals surface area contributed by atoms with E-state index >= 15 is 0 Å². The zero-order valence-electron chi connectivity index (χ0n) is 10.5. The molecule has 2 N–H and O–H groups in total. The number of nitrogens with zero attached hydrogens (tertiary/aromatic N) is 1. The molecule has 2 aromatic rings. The number of fused-ring (bicyclic) bond motifs is 1. The van der Waals surface area contributed by atoms with Crippen LogP contribution in [0.2, 0.25) is 0 Å². The molecule has 0 saturated carbocycles. The molecule has 1 amide bonds. The average molecular weight is 281 g/mol. The summed E-state index contributed by atoms with van der Waals surface area (Å²) in [6.07, 6.45) is 1.96. The van der Waals surface area contributed by atoms with Gasteiger partial charge < -0.3 is 15.1 Å². The Balaban J connectivity index is 0.00000133. The molecule has 1 atom stereocenters. The van der Waals surface area contributed by atoms with Gasteiger partial charge in [-0.05, 0) is 25.0 Å². The van der Waals surface area contributed by atoms with Crippen molar-refractivity contribution in [2.75, 3.05) is 13.1 Å². The fourth-order valence-corrected chi connectivity index (χ4v) is 2.44. The summed E-state index contributed by atoms with van der Waals surface area (Å²) in [7, 11) is 0. The summed E-state index contributed by atoms with van der Waals surface area (Å²) in [5.41, 5.74) is 6.64. The number of rotatable bonds is 1. The van der Waals surface area contributed by atoms with Crippen LogP contribution in [0.4, 0.5) is 0 Å². The molecule has 5 heteroatoms. The Labute approximate surface area is 118 Å². The number of piperidine rings is 1. The first-order chi connectivity index (χ1) is 8.74. The lowest BCUT2D eigenvalue weighted by atomic mass is 10.1. The molecule has 19 heavy (non-hydrogen) atoms. The molecule has 0 spiro atoms. The van der Waals surface area contributed by atoms with Gasteiger partial charge in [-0.2, -0.15) is 0 Å². The van der Waals surface area contributed by atoms with Crippen LogP contribution in [0, 0.1) is 0 Å². The molecule has 0 radical (unpaired) electrons. The van der Waals surface area contributed by atoms with Gasteiger partial charge in [-0.1, -0.05) is 18.2 Å². The minimum Gasteiger partial charge on any atom is -0.451 e. The van der Waals surface area contributed by atoms with E-state index in [0.717, 1.165) is 30.4 Å². The van der Waals surface area contributed by atoms with E-state index in [1.165, 1.54) is 0 Å².